The van der Waals surface area contributed by atoms with Crippen molar-refractivity contribution in [1.29, 1.82) is 0 Å². The molecule has 0 saturated carbocycles. The average molecular weight is 237 g/mol. The van der Waals surface area contributed by atoms with E-state index in [0.717, 1.165) is 32.2 Å². The Morgan fingerprint density at radius 1 is 1.53 bits per heavy atom. The number of nitrogens with zero attached hydrogens (tertiary/aromatic N) is 2. The summed E-state index contributed by atoms with van der Waals surface area (Å²) in [5.41, 5.74) is 1.27. The van der Waals surface area contributed by atoms with Gasteiger partial charge in [0.05, 0.1) is 5.69 Å². The highest BCUT2D eigenvalue weighted by atomic mass is 16.5. The molecule has 1 unspecified atom stereocenters. The van der Waals surface area contributed by atoms with Crippen LogP contribution in [0.15, 0.2) is 12.3 Å². The molecule has 1 aromatic rings. The van der Waals surface area contributed by atoms with Gasteiger partial charge in [-0.25, -0.2) is 0 Å². The third-order valence-corrected chi connectivity index (χ3v) is 3.68. The van der Waals surface area contributed by atoms with Crippen molar-refractivity contribution in [3.8, 4) is 0 Å². The Morgan fingerprint density at radius 2 is 2.29 bits per heavy atom. The first kappa shape index (κ1) is 12.6. The molecule has 1 N–H and O–H groups in total. The Hall–Kier alpha value is -0.870. The number of hydrogen-bond acceptors (Lipinski definition) is 3. The third-order valence-electron chi connectivity index (χ3n) is 3.68. The van der Waals surface area contributed by atoms with Crippen LogP contribution in [0, 0.1) is 5.92 Å². The van der Waals surface area contributed by atoms with Gasteiger partial charge in [0, 0.05) is 38.5 Å². The first-order chi connectivity index (χ1) is 8.31. The molecule has 1 aliphatic rings. The summed E-state index contributed by atoms with van der Waals surface area (Å²) >= 11 is 0. The van der Waals surface area contributed by atoms with E-state index in [1.54, 1.807) is 0 Å². The van der Waals surface area contributed by atoms with Crippen molar-refractivity contribution in [3.05, 3.63) is 18.0 Å². The van der Waals surface area contributed by atoms with Gasteiger partial charge in [-0.05, 0) is 38.7 Å². The summed E-state index contributed by atoms with van der Waals surface area (Å²) in [5, 5.41) is 7.89. The maximum absolute atomic E-state index is 5.39. The van der Waals surface area contributed by atoms with Crippen molar-refractivity contribution >= 4 is 0 Å². The molecule has 0 aromatic carbocycles. The van der Waals surface area contributed by atoms with Gasteiger partial charge in [-0.2, -0.15) is 5.10 Å². The lowest BCUT2D eigenvalue weighted by Crippen LogP contribution is -2.36. The van der Waals surface area contributed by atoms with Gasteiger partial charge in [-0.1, -0.05) is 0 Å². The number of hydrogen-bond donors (Lipinski definition) is 1. The molecule has 1 aliphatic heterocycles. The van der Waals surface area contributed by atoms with E-state index in [2.05, 4.69) is 30.3 Å². The van der Waals surface area contributed by atoms with Crippen LogP contribution in [-0.4, -0.2) is 29.0 Å². The number of ether oxygens (including phenoxy) is 1. The SMILES string of the molecule is CCn1nccc1CNC(C)C1CCOCC1. The fourth-order valence-electron chi connectivity index (χ4n) is 2.44. The van der Waals surface area contributed by atoms with Gasteiger partial charge in [0.1, 0.15) is 0 Å². The normalized spacial score (nSPS) is 19.4. The van der Waals surface area contributed by atoms with Crippen LogP contribution in [0.1, 0.15) is 32.4 Å². The van der Waals surface area contributed by atoms with Crippen molar-refractivity contribution in [1.82, 2.24) is 15.1 Å². The summed E-state index contributed by atoms with van der Waals surface area (Å²) in [4.78, 5) is 0. The standard InChI is InChI=1S/C13H23N3O/c1-3-16-13(4-7-15-16)10-14-11(2)12-5-8-17-9-6-12/h4,7,11-12,14H,3,5-6,8-10H2,1-2H3. The molecule has 2 heterocycles. The monoisotopic (exact) mass is 237 g/mol. The van der Waals surface area contributed by atoms with E-state index in [0.29, 0.717) is 6.04 Å². The zero-order valence-electron chi connectivity index (χ0n) is 10.9. The van der Waals surface area contributed by atoms with Crippen LogP contribution in [0.25, 0.3) is 0 Å². The van der Waals surface area contributed by atoms with Crippen molar-refractivity contribution in [2.45, 2.75) is 45.8 Å². The summed E-state index contributed by atoms with van der Waals surface area (Å²) in [6, 6.07) is 2.65. The summed E-state index contributed by atoms with van der Waals surface area (Å²) < 4.78 is 7.44. The Bertz CT molecular complexity index is 331. The molecule has 0 bridgehead atoms. The zero-order chi connectivity index (χ0) is 12.1. The van der Waals surface area contributed by atoms with Crippen LogP contribution >= 0.6 is 0 Å². The highest BCUT2D eigenvalue weighted by molar-refractivity contribution is 5.00. The lowest BCUT2D eigenvalue weighted by molar-refractivity contribution is 0.0557. The van der Waals surface area contributed by atoms with Crippen LogP contribution in [0.2, 0.25) is 0 Å². The van der Waals surface area contributed by atoms with Gasteiger partial charge in [0.15, 0.2) is 0 Å². The third kappa shape index (κ3) is 3.30. The van der Waals surface area contributed by atoms with Crippen LogP contribution in [0.5, 0.6) is 0 Å². The predicted octanol–water partition coefficient (Wildman–Crippen LogP) is 1.81. The van der Waals surface area contributed by atoms with E-state index < -0.39 is 0 Å². The molecule has 2 rings (SSSR count). The highest BCUT2D eigenvalue weighted by Gasteiger charge is 2.20. The van der Waals surface area contributed by atoms with Crippen molar-refractivity contribution in [2.24, 2.45) is 5.92 Å². The van der Waals surface area contributed by atoms with Crippen molar-refractivity contribution < 1.29 is 4.74 Å². The second kappa shape index (κ2) is 6.17. The lowest BCUT2D eigenvalue weighted by atomic mass is 9.93. The minimum Gasteiger partial charge on any atom is -0.381 e. The predicted molar refractivity (Wildman–Crippen MR) is 67.7 cm³/mol. The van der Waals surface area contributed by atoms with E-state index in [-0.39, 0.29) is 0 Å². The van der Waals surface area contributed by atoms with Gasteiger partial charge in [0.2, 0.25) is 0 Å². The van der Waals surface area contributed by atoms with Gasteiger partial charge in [-0.3, -0.25) is 4.68 Å². The molecule has 1 aromatic heterocycles. The molecule has 4 heteroatoms. The summed E-state index contributed by atoms with van der Waals surface area (Å²) in [6.45, 7) is 8.09. The molecular formula is C13H23N3O. The summed E-state index contributed by atoms with van der Waals surface area (Å²) in [5.74, 6) is 0.752. The first-order valence-corrected chi connectivity index (χ1v) is 6.63. The molecule has 17 heavy (non-hydrogen) atoms. The van der Waals surface area contributed by atoms with Gasteiger partial charge in [-0.15, -0.1) is 0 Å². The average Bonchev–Trinajstić information content (AvgIpc) is 2.84. The molecular weight excluding hydrogens is 214 g/mol. The number of aryl methyl sites for hydroxylation is 1. The molecule has 0 radical (unpaired) electrons. The Labute approximate surface area is 103 Å². The zero-order valence-corrected chi connectivity index (χ0v) is 10.9. The van der Waals surface area contributed by atoms with E-state index in [4.69, 9.17) is 4.74 Å². The van der Waals surface area contributed by atoms with Crippen molar-refractivity contribution in [3.63, 3.8) is 0 Å². The highest BCUT2D eigenvalue weighted by Crippen LogP contribution is 2.18. The topological polar surface area (TPSA) is 39.1 Å². The Kier molecular flexibility index (Phi) is 4.57. The quantitative estimate of drug-likeness (QED) is 0.849. The van der Waals surface area contributed by atoms with E-state index in [1.807, 2.05) is 10.9 Å². The first-order valence-electron chi connectivity index (χ1n) is 6.63. The maximum atomic E-state index is 5.39. The fourth-order valence-corrected chi connectivity index (χ4v) is 2.44. The number of nitrogens with one attached hydrogen (secondary N) is 1. The number of rotatable bonds is 5. The van der Waals surface area contributed by atoms with Gasteiger partial charge < -0.3 is 10.1 Å². The minimum atomic E-state index is 0.555. The van der Waals surface area contributed by atoms with E-state index in [1.165, 1.54) is 18.5 Å². The van der Waals surface area contributed by atoms with Crippen LogP contribution in [0.4, 0.5) is 0 Å². The molecule has 0 spiro atoms. The van der Waals surface area contributed by atoms with Crippen LogP contribution in [0.3, 0.4) is 0 Å². The molecule has 0 aliphatic carbocycles. The van der Waals surface area contributed by atoms with Crippen LogP contribution < -0.4 is 5.32 Å². The van der Waals surface area contributed by atoms with Crippen molar-refractivity contribution in [2.75, 3.05) is 13.2 Å². The second-order valence-corrected chi connectivity index (χ2v) is 4.76. The molecule has 1 saturated heterocycles. The molecule has 1 atom stereocenters. The largest absolute Gasteiger partial charge is 0.381 e. The smallest absolute Gasteiger partial charge is 0.0522 e. The van der Waals surface area contributed by atoms with Crippen LogP contribution in [-0.2, 0) is 17.8 Å². The van der Waals surface area contributed by atoms with Gasteiger partial charge in [0.25, 0.3) is 0 Å². The minimum absolute atomic E-state index is 0.555. The Morgan fingerprint density at radius 3 is 3.00 bits per heavy atom. The molecule has 96 valence electrons. The summed E-state index contributed by atoms with van der Waals surface area (Å²) in [6.07, 6.45) is 4.24. The molecule has 4 nitrogen and oxygen atoms in total. The van der Waals surface area contributed by atoms with E-state index in [9.17, 15) is 0 Å². The Balaban J connectivity index is 1.80. The molecule has 1 fully saturated rings. The second-order valence-electron chi connectivity index (χ2n) is 4.76. The summed E-state index contributed by atoms with van der Waals surface area (Å²) in [7, 11) is 0. The molecule has 0 amide bonds. The fraction of sp³-hybridized carbons (Fsp3) is 0.769. The number of aromatic nitrogens is 2. The maximum Gasteiger partial charge on any atom is 0.0522 e. The lowest BCUT2D eigenvalue weighted by Gasteiger charge is -2.28. The van der Waals surface area contributed by atoms with Gasteiger partial charge >= 0.3 is 0 Å². The van der Waals surface area contributed by atoms with E-state index >= 15 is 0 Å².